The first-order chi connectivity index (χ1) is 12.2. The highest BCUT2D eigenvalue weighted by atomic mass is 16.3. The van der Waals surface area contributed by atoms with E-state index in [-0.39, 0.29) is 11.9 Å². The lowest BCUT2D eigenvalue weighted by atomic mass is 10.2. The highest BCUT2D eigenvalue weighted by Gasteiger charge is 2.16. The lowest BCUT2D eigenvalue weighted by Crippen LogP contribution is -2.26. The summed E-state index contributed by atoms with van der Waals surface area (Å²) in [4.78, 5) is 16.8. The van der Waals surface area contributed by atoms with Gasteiger partial charge in [-0.2, -0.15) is 0 Å². The average molecular weight is 334 g/mol. The Kier molecular flexibility index (Phi) is 3.70. The Morgan fingerprint density at radius 2 is 1.96 bits per heavy atom. The van der Waals surface area contributed by atoms with Gasteiger partial charge in [0.25, 0.3) is 5.91 Å². The smallest absolute Gasteiger partial charge is 0.251 e. The molecule has 2 aromatic carbocycles. The summed E-state index contributed by atoms with van der Waals surface area (Å²) in [5, 5.41) is 13.9. The lowest BCUT2D eigenvalue weighted by Gasteiger charge is -2.10. The van der Waals surface area contributed by atoms with E-state index >= 15 is 0 Å². The van der Waals surface area contributed by atoms with Gasteiger partial charge in [-0.1, -0.05) is 12.1 Å². The average Bonchev–Trinajstić information content (AvgIpc) is 3.31. The maximum absolute atomic E-state index is 12.4. The fraction of sp³-hybridized carbons (Fsp3) is 0.118. The Morgan fingerprint density at radius 3 is 2.68 bits per heavy atom. The molecule has 0 spiro atoms. The maximum Gasteiger partial charge on any atom is 0.251 e. The van der Waals surface area contributed by atoms with Crippen LogP contribution in [-0.2, 0) is 0 Å². The minimum absolute atomic E-state index is 0.210. The number of carbonyl (C=O) groups is 1. The number of rotatable bonds is 4. The molecular formula is C17H14N6O2. The molecule has 0 aliphatic rings. The maximum atomic E-state index is 12.4. The number of hydrogen-bond acceptors (Lipinski definition) is 6. The van der Waals surface area contributed by atoms with Gasteiger partial charge in [0.05, 0.1) is 5.69 Å². The molecule has 1 amide bonds. The number of fused-ring (bicyclic) bond motifs is 1. The van der Waals surface area contributed by atoms with Crippen molar-refractivity contribution in [3.8, 4) is 5.69 Å². The second kappa shape index (κ2) is 6.16. The molecular weight excluding hydrogens is 320 g/mol. The second-order valence-corrected chi connectivity index (χ2v) is 5.52. The normalized spacial score (nSPS) is 12.2. The number of aromatic nitrogens is 5. The summed E-state index contributed by atoms with van der Waals surface area (Å²) >= 11 is 0. The third-order valence-corrected chi connectivity index (χ3v) is 3.77. The Bertz CT molecular complexity index is 974. The molecule has 8 heteroatoms. The van der Waals surface area contributed by atoms with Crippen LogP contribution in [0.3, 0.4) is 0 Å². The summed E-state index contributed by atoms with van der Waals surface area (Å²) in [6.45, 7) is 1.83. The number of tetrazole rings is 1. The molecule has 2 aromatic heterocycles. The fourth-order valence-corrected chi connectivity index (χ4v) is 2.46. The number of para-hydroxylation sites is 2. The van der Waals surface area contributed by atoms with Crippen LogP contribution in [0.4, 0.5) is 0 Å². The molecule has 1 unspecified atom stereocenters. The first-order valence-electron chi connectivity index (χ1n) is 7.70. The highest BCUT2D eigenvalue weighted by Crippen LogP contribution is 2.20. The molecule has 0 bridgehead atoms. The molecule has 1 atom stereocenters. The summed E-state index contributed by atoms with van der Waals surface area (Å²) in [6, 6.07) is 14.1. The Hall–Kier alpha value is -3.55. The molecule has 0 fully saturated rings. The van der Waals surface area contributed by atoms with Crippen molar-refractivity contribution in [1.29, 1.82) is 0 Å². The first-order valence-corrected chi connectivity index (χ1v) is 7.70. The summed E-state index contributed by atoms with van der Waals surface area (Å²) < 4.78 is 7.20. The number of carbonyl (C=O) groups excluding carboxylic acids is 1. The standard InChI is InChI=1S/C17H14N6O2/c1-11(17-20-14-4-2-3-5-15(14)25-17)19-16(24)12-6-8-13(9-7-12)23-10-18-21-22-23/h2-11H,1H3,(H,19,24). The van der Waals surface area contributed by atoms with Crippen LogP contribution < -0.4 is 5.32 Å². The second-order valence-electron chi connectivity index (χ2n) is 5.52. The number of nitrogens with one attached hydrogen (secondary N) is 1. The fourth-order valence-electron chi connectivity index (χ4n) is 2.46. The van der Waals surface area contributed by atoms with E-state index in [9.17, 15) is 4.79 Å². The van der Waals surface area contributed by atoms with E-state index in [1.165, 1.54) is 11.0 Å². The van der Waals surface area contributed by atoms with Gasteiger partial charge in [0.1, 0.15) is 17.9 Å². The van der Waals surface area contributed by atoms with Crippen LogP contribution in [-0.4, -0.2) is 31.1 Å². The van der Waals surface area contributed by atoms with E-state index in [0.717, 1.165) is 11.2 Å². The molecule has 0 saturated heterocycles. The van der Waals surface area contributed by atoms with E-state index in [1.807, 2.05) is 31.2 Å². The van der Waals surface area contributed by atoms with Gasteiger partial charge in [-0.05, 0) is 53.7 Å². The quantitative estimate of drug-likeness (QED) is 0.615. The van der Waals surface area contributed by atoms with Gasteiger partial charge in [-0.15, -0.1) is 5.10 Å². The molecule has 1 N–H and O–H groups in total. The number of benzene rings is 2. The zero-order valence-electron chi connectivity index (χ0n) is 13.3. The van der Waals surface area contributed by atoms with Gasteiger partial charge >= 0.3 is 0 Å². The van der Waals surface area contributed by atoms with Crippen LogP contribution in [0.2, 0.25) is 0 Å². The van der Waals surface area contributed by atoms with Crippen LogP contribution in [0.5, 0.6) is 0 Å². The minimum Gasteiger partial charge on any atom is -0.438 e. The zero-order chi connectivity index (χ0) is 17.2. The van der Waals surface area contributed by atoms with Crippen molar-refractivity contribution in [2.45, 2.75) is 13.0 Å². The molecule has 4 rings (SSSR count). The first kappa shape index (κ1) is 15.0. The van der Waals surface area contributed by atoms with E-state index in [2.05, 4.69) is 25.8 Å². The zero-order valence-corrected chi connectivity index (χ0v) is 13.3. The van der Waals surface area contributed by atoms with Crippen molar-refractivity contribution in [3.63, 3.8) is 0 Å². The Morgan fingerprint density at radius 1 is 1.16 bits per heavy atom. The van der Waals surface area contributed by atoms with Crippen molar-refractivity contribution in [3.05, 3.63) is 66.3 Å². The van der Waals surface area contributed by atoms with Gasteiger partial charge in [-0.3, -0.25) is 4.79 Å². The number of hydrogen-bond donors (Lipinski definition) is 1. The van der Waals surface area contributed by atoms with E-state index in [0.29, 0.717) is 17.0 Å². The SMILES string of the molecule is CC(NC(=O)c1ccc(-n2cnnn2)cc1)c1nc2ccccc2o1. The molecule has 124 valence electrons. The Labute approximate surface area is 142 Å². The minimum atomic E-state index is -0.348. The summed E-state index contributed by atoms with van der Waals surface area (Å²) in [5.74, 6) is 0.262. The molecule has 0 aliphatic heterocycles. The third kappa shape index (κ3) is 2.97. The van der Waals surface area contributed by atoms with Crippen LogP contribution in [0.25, 0.3) is 16.8 Å². The highest BCUT2D eigenvalue weighted by molar-refractivity contribution is 5.94. The predicted molar refractivity (Wildman–Crippen MR) is 89.0 cm³/mol. The van der Waals surface area contributed by atoms with E-state index in [1.54, 1.807) is 24.3 Å². The molecule has 0 saturated carbocycles. The lowest BCUT2D eigenvalue weighted by molar-refractivity contribution is 0.0934. The van der Waals surface area contributed by atoms with Gasteiger partial charge < -0.3 is 9.73 Å². The molecule has 0 radical (unpaired) electrons. The van der Waals surface area contributed by atoms with Crippen molar-refractivity contribution in [1.82, 2.24) is 30.5 Å². The van der Waals surface area contributed by atoms with Crippen molar-refractivity contribution >= 4 is 17.0 Å². The molecule has 4 aromatic rings. The van der Waals surface area contributed by atoms with E-state index in [4.69, 9.17) is 4.42 Å². The molecule has 0 aliphatic carbocycles. The number of amides is 1. The monoisotopic (exact) mass is 334 g/mol. The number of nitrogens with zero attached hydrogens (tertiary/aromatic N) is 5. The predicted octanol–water partition coefficient (Wildman–Crippen LogP) is 2.29. The Balaban J connectivity index is 1.49. The summed E-state index contributed by atoms with van der Waals surface area (Å²) in [6.07, 6.45) is 1.49. The largest absolute Gasteiger partial charge is 0.438 e. The van der Waals surface area contributed by atoms with Crippen LogP contribution in [0.15, 0.2) is 59.3 Å². The number of oxazole rings is 1. The van der Waals surface area contributed by atoms with Crippen molar-refractivity contribution in [2.75, 3.05) is 0 Å². The van der Waals surface area contributed by atoms with Crippen LogP contribution in [0.1, 0.15) is 29.2 Å². The van der Waals surface area contributed by atoms with E-state index < -0.39 is 0 Å². The summed E-state index contributed by atoms with van der Waals surface area (Å²) in [7, 11) is 0. The summed E-state index contributed by atoms with van der Waals surface area (Å²) in [5.41, 5.74) is 2.77. The van der Waals surface area contributed by atoms with Crippen molar-refractivity contribution in [2.24, 2.45) is 0 Å². The van der Waals surface area contributed by atoms with Crippen molar-refractivity contribution < 1.29 is 9.21 Å². The van der Waals surface area contributed by atoms with Gasteiger partial charge in [0.15, 0.2) is 5.58 Å². The topological polar surface area (TPSA) is 98.7 Å². The molecule has 25 heavy (non-hydrogen) atoms. The van der Waals surface area contributed by atoms with Crippen LogP contribution in [0, 0.1) is 0 Å². The van der Waals surface area contributed by atoms with Gasteiger partial charge in [-0.25, -0.2) is 9.67 Å². The molecule has 8 nitrogen and oxygen atoms in total. The van der Waals surface area contributed by atoms with Gasteiger partial charge in [0, 0.05) is 5.56 Å². The van der Waals surface area contributed by atoms with Crippen LogP contribution >= 0.6 is 0 Å². The third-order valence-electron chi connectivity index (χ3n) is 3.77. The van der Waals surface area contributed by atoms with Gasteiger partial charge in [0.2, 0.25) is 5.89 Å². The molecule has 2 heterocycles.